The Labute approximate surface area is 167 Å². The zero-order valence-corrected chi connectivity index (χ0v) is 16.9. The van der Waals surface area contributed by atoms with Crippen LogP contribution in [0.5, 0.6) is 5.75 Å². The van der Waals surface area contributed by atoms with E-state index in [2.05, 4.69) is 32.2 Å². The zero-order chi connectivity index (χ0) is 19.8. The number of amides is 1. The van der Waals surface area contributed by atoms with Crippen LogP contribution in [-0.4, -0.2) is 62.2 Å². The van der Waals surface area contributed by atoms with Crippen LogP contribution in [0.1, 0.15) is 17.7 Å². The minimum atomic E-state index is 0.0988. The van der Waals surface area contributed by atoms with E-state index in [1.807, 2.05) is 37.4 Å². The van der Waals surface area contributed by atoms with Gasteiger partial charge in [0.1, 0.15) is 5.75 Å². The molecule has 6 nitrogen and oxygen atoms in total. The van der Waals surface area contributed by atoms with Crippen molar-refractivity contribution >= 4 is 11.6 Å². The number of aromatic nitrogens is 1. The maximum Gasteiger partial charge on any atom is 0.234 e. The van der Waals surface area contributed by atoms with Crippen LogP contribution < -0.4 is 15.0 Å². The van der Waals surface area contributed by atoms with Crippen molar-refractivity contribution in [1.82, 2.24) is 15.2 Å². The van der Waals surface area contributed by atoms with Gasteiger partial charge in [-0.25, -0.2) is 0 Å². The quantitative estimate of drug-likeness (QED) is 0.796. The summed E-state index contributed by atoms with van der Waals surface area (Å²) in [5.74, 6) is 0.951. The molecule has 1 amide bonds. The van der Waals surface area contributed by atoms with E-state index < -0.39 is 0 Å². The topological polar surface area (TPSA) is 57.7 Å². The third-order valence-corrected chi connectivity index (χ3v) is 5.10. The minimum Gasteiger partial charge on any atom is -0.497 e. The first kappa shape index (κ1) is 20.1. The van der Waals surface area contributed by atoms with E-state index in [0.29, 0.717) is 13.1 Å². The van der Waals surface area contributed by atoms with E-state index in [0.717, 1.165) is 50.5 Å². The van der Waals surface area contributed by atoms with Gasteiger partial charge in [-0.15, -0.1) is 0 Å². The number of carbonyl (C=O) groups is 1. The molecule has 0 atom stereocenters. The van der Waals surface area contributed by atoms with E-state index in [9.17, 15) is 4.79 Å². The van der Waals surface area contributed by atoms with E-state index in [1.54, 1.807) is 7.11 Å². The van der Waals surface area contributed by atoms with E-state index in [-0.39, 0.29) is 5.91 Å². The average molecular weight is 383 g/mol. The van der Waals surface area contributed by atoms with Crippen LogP contribution in [0.25, 0.3) is 0 Å². The summed E-state index contributed by atoms with van der Waals surface area (Å²) in [6.07, 6.45) is 3.75. The summed E-state index contributed by atoms with van der Waals surface area (Å²) < 4.78 is 5.17. The van der Waals surface area contributed by atoms with Crippen molar-refractivity contribution in [3.05, 3.63) is 53.9 Å². The monoisotopic (exact) mass is 382 g/mol. The molecule has 0 aliphatic carbocycles. The number of hydrogen-bond acceptors (Lipinski definition) is 5. The number of aryl methyl sites for hydroxylation is 1. The molecule has 6 heteroatoms. The molecular weight excluding hydrogens is 352 g/mol. The van der Waals surface area contributed by atoms with Crippen molar-refractivity contribution in [1.29, 1.82) is 0 Å². The molecule has 1 aliphatic rings. The van der Waals surface area contributed by atoms with Crippen LogP contribution in [-0.2, 0) is 11.2 Å². The molecule has 28 heavy (non-hydrogen) atoms. The van der Waals surface area contributed by atoms with Gasteiger partial charge in [-0.3, -0.25) is 14.7 Å². The van der Waals surface area contributed by atoms with E-state index in [4.69, 9.17) is 4.74 Å². The van der Waals surface area contributed by atoms with Gasteiger partial charge >= 0.3 is 0 Å². The van der Waals surface area contributed by atoms with Gasteiger partial charge < -0.3 is 15.0 Å². The Morgan fingerprint density at radius 3 is 2.71 bits per heavy atom. The lowest BCUT2D eigenvalue weighted by atomic mass is 10.1. The molecule has 1 saturated heterocycles. The number of nitrogens with one attached hydrogen (secondary N) is 1. The fourth-order valence-electron chi connectivity index (χ4n) is 3.51. The summed E-state index contributed by atoms with van der Waals surface area (Å²) in [7, 11) is 1.66. The van der Waals surface area contributed by atoms with Crippen molar-refractivity contribution in [2.45, 2.75) is 19.8 Å². The molecule has 2 aromatic rings. The summed E-state index contributed by atoms with van der Waals surface area (Å²) in [6.45, 7) is 6.93. The number of nitrogens with zero attached hydrogens (tertiary/aromatic N) is 3. The summed E-state index contributed by atoms with van der Waals surface area (Å²) in [5, 5.41) is 3.04. The highest BCUT2D eigenvalue weighted by Gasteiger charge is 2.17. The molecule has 0 saturated carbocycles. The molecule has 1 N–H and O–H groups in total. The number of ether oxygens (including phenoxy) is 1. The lowest BCUT2D eigenvalue weighted by molar-refractivity contribution is -0.122. The van der Waals surface area contributed by atoms with E-state index in [1.165, 1.54) is 11.3 Å². The van der Waals surface area contributed by atoms with Crippen LogP contribution in [0.15, 0.2) is 42.6 Å². The predicted octanol–water partition coefficient (Wildman–Crippen LogP) is 2.27. The van der Waals surface area contributed by atoms with Crippen LogP contribution >= 0.6 is 0 Å². The van der Waals surface area contributed by atoms with Crippen molar-refractivity contribution in [3.8, 4) is 5.75 Å². The SMILES string of the molecule is COc1ccc(CCNC(=O)CN2CCCN(c3ccnc(C)c3)CC2)cc1. The molecule has 0 bridgehead atoms. The van der Waals surface area contributed by atoms with Gasteiger partial charge in [-0.2, -0.15) is 0 Å². The number of methoxy groups -OCH3 is 1. The van der Waals surface area contributed by atoms with Crippen molar-refractivity contribution < 1.29 is 9.53 Å². The van der Waals surface area contributed by atoms with Crippen LogP contribution in [0.2, 0.25) is 0 Å². The lowest BCUT2D eigenvalue weighted by Gasteiger charge is -2.23. The minimum absolute atomic E-state index is 0.0988. The smallest absolute Gasteiger partial charge is 0.234 e. The van der Waals surface area contributed by atoms with Gasteiger partial charge in [-0.1, -0.05) is 12.1 Å². The summed E-state index contributed by atoms with van der Waals surface area (Å²) >= 11 is 0. The second-order valence-electron chi connectivity index (χ2n) is 7.22. The van der Waals surface area contributed by atoms with Gasteiger partial charge in [0.2, 0.25) is 5.91 Å². The van der Waals surface area contributed by atoms with Crippen molar-refractivity contribution in [3.63, 3.8) is 0 Å². The highest BCUT2D eigenvalue weighted by atomic mass is 16.5. The summed E-state index contributed by atoms with van der Waals surface area (Å²) in [4.78, 5) is 21.2. The van der Waals surface area contributed by atoms with Gasteiger partial charge in [0.25, 0.3) is 0 Å². The Morgan fingerprint density at radius 2 is 1.96 bits per heavy atom. The number of pyridine rings is 1. The second-order valence-corrected chi connectivity index (χ2v) is 7.22. The molecule has 2 heterocycles. The van der Waals surface area contributed by atoms with Crippen LogP contribution in [0, 0.1) is 6.92 Å². The van der Waals surface area contributed by atoms with Gasteiger partial charge in [0.05, 0.1) is 13.7 Å². The van der Waals surface area contributed by atoms with Crippen LogP contribution in [0.4, 0.5) is 5.69 Å². The third-order valence-electron chi connectivity index (χ3n) is 5.10. The number of anilines is 1. The molecular formula is C22H30N4O2. The maximum atomic E-state index is 12.3. The third kappa shape index (κ3) is 5.96. The normalized spacial score (nSPS) is 15.1. The first-order chi connectivity index (χ1) is 13.6. The molecule has 0 spiro atoms. The van der Waals surface area contributed by atoms with E-state index >= 15 is 0 Å². The predicted molar refractivity (Wildman–Crippen MR) is 112 cm³/mol. The largest absolute Gasteiger partial charge is 0.497 e. The van der Waals surface area contributed by atoms with Gasteiger partial charge in [-0.05, 0) is 49.6 Å². The Balaban J connectivity index is 1.40. The maximum absolute atomic E-state index is 12.3. The highest BCUT2D eigenvalue weighted by molar-refractivity contribution is 5.78. The number of benzene rings is 1. The molecule has 0 radical (unpaired) electrons. The number of hydrogen-bond donors (Lipinski definition) is 1. The Hall–Kier alpha value is -2.60. The molecule has 1 aliphatic heterocycles. The Bertz CT molecular complexity index is 763. The first-order valence-electron chi connectivity index (χ1n) is 9.93. The standard InChI is InChI=1S/C22H30N4O2/c1-18-16-20(9-11-23-18)26-13-3-12-25(14-15-26)17-22(27)24-10-8-19-4-6-21(28-2)7-5-19/h4-7,9,11,16H,3,8,10,12-15,17H2,1-2H3,(H,24,27). The van der Waals surface area contributed by atoms with Crippen molar-refractivity contribution in [2.75, 3.05) is 51.3 Å². The molecule has 0 unspecified atom stereocenters. The Morgan fingerprint density at radius 1 is 1.14 bits per heavy atom. The summed E-state index contributed by atoms with van der Waals surface area (Å²) in [6, 6.07) is 12.2. The number of carbonyl (C=O) groups excluding carboxylic acids is 1. The van der Waals surface area contributed by atoms with Crippen LogP contribution in [0.3, 0.4) is 0 Å². The van der Waals surface area contributed by atoms with Crippen molar-refractivity contribution in [2.24, 2.45) is 0 Å². The molecule has 1 fully saturated rings. The fraction of sp³-hybridized carbons (Fsp3) is 0.455. The first-order valence-corrected chi connectivity index (χ1v) is 9.93. The zero-order valence-electron chi connectivity index (χ0n) is 16.9. The molecule has 3 rings (SSSR count). The Kier molecular flexibility index (Phi) is 7.25. The molecule has 150 valence electrons. The highest BCUT2D eigenvalue weighted by Crippen LogP contribution is 2.16. The van der Waals surface area contributed by atoms with Gasteiger partial charge in [0, 0.05) is 50.3 Å². The molecule has 1 aromatic heterocycles. The summed E-state index contributed by atoms with van der Waals surface area (Å²) in [5.41, 5.74) is 3.45. The second kappa shape index (κ2) is 10.1. The average Bonchev–Trinajstić information content (AvgIpc) is 2.94. The lowest BCUT2D eigenvalue weighted by Crippen LogP contribution is -2.39. The fourth-order valence-corrected chi connectivity index (χ4v) is 3.51. The molecule has 1 aromatic carbocycles. The number of rotatable bonds is 7. The van der Waals surface area contributed by atoms with Gasteiger partial charge in [0.15, 0.2) is 0 Å².